The molecule has 29 heavy (non-hydrogen) atoms. The predicted molar refractivity (Wildman–Crippen MR) is 114 cm³/mol. The fourth-order valence-electron chi connectivity index (χ4n) is 4.26. The van der Waals surface area contributed by atoms with Crippen molar-refractivity contribution in [2.24, 2.45) is 0 Å². The highest BCUT2D eigenvalue weighted by atomic mass is 16.3. The number of piperidine rings is 1. The molecule has 0 aliphatic carbocycles. The molecule has 1 fully saturated rings. The van der Waals surface area contributed by atoms with Crippen LogP contribution in [-0.2, 0) is 13.1 Å². The molecule has 3 aromatic rings. The van der Waals surface area contributed by atoms with E-state index >= 15 is 0 Å². The first-order chi connectivity index (χ1) is 14.0. The lowest BCUT2D eigenvalue weighted by Crippen LogP contribution is -2.36. The molecule has 0 radical (unpaired) electrons. The van der Waals surface area contributed by atoms with Crippen LogP contribution in [0.15, 0.2) is 46.9 Å². The first-order valence-corrected chi connectivity index (χ1v) is 10.3. The van der Waals surface area contributed by atoms with Crippen molar-refractivity contribution in [1.29, 1.82) is 0 Å². The van der Waals surface area contributed by atoms with Gasteiger partial charge in [-0.15, -0.1) is 0 Å². The van der Waals surface area contributed by atoms with Crippen LogP contribution in [0.1, 0.15) is 53.4 Å². The molecular weight excluding hydrogens is 364 g/mol. The Morgan fingerprint density at radius 1 is 1.21 bits per heavy atom. The molecule has 2 N–H and O–H groups in total. The van der Waals surface area contributed by atoms with Gasteiger partial charge in [-0.3, -0.25) is 9.69 Å². The molecule has 5 nitrogen and oxygen atoms in total. The Kier molecular flexibility index (Phi) is 5.58. The molecule has 0 saturated carbocycles. The van der Waals surface area contributed by atoms with Gasteiger partial charge in [-0.25, -0.2) is 0 Å². The monoisotopic (exact) mass is 392 g/mol. The molecular formula is C24H28N2O3. The molecule has 2 aromatic carbocycles. The minimum Gasteiger partial charge on any atom is -0.508 e. The van der Waals surface area contributed by atoms with Crippen LogP contribution >= 0.6 is 0 Å². The van der Waals surface area contributed by atoms with Crippen molar-refractivity contribution in [3.63, 3.8) is 0 Å². The Labute approximate surface area is 171 Å². The van der Waals surface area contributed by atoms with Crippen LogP contribution in [0.2, 0.25) is 0 Å². The minimum atomic E-state index is -0.177. The van der Waals surface area contributed by atoms with E-state index in [-0.39, 0.29) is 11.7 Å². The molecule has 1 aliphatic heterocycles. The molecule has 5 heteroatoms. The van der Waals surface area contributed by atoms with Gasteiger partial charge in [0.1, 0.15) is 17.1 Å². The molecule has 1 atom stereocenters. The lowest BCUT2D eigenvalue weighted by atomic mass is 9.99. The number of fused-ring (bicyclic) bond motifs is 1. The fraction of sp³-hybridized carbons (Fsp3) is 0.375. The van der Waals surface area contributed by atoms with Gasteiger partial charge >= 0.3 is 0 Å². The van der Waals surface area contributed by atoms with E-state index in [2.05, 4.69) is 17.1 Å². The second-order valence-corrected chi connectivity index (χ2v) is 7.95. The summed E-state index contributed by atoms with van der Waals surface area (Å²) in [6.45, 7) is 6.10. The van der Waals surface area contributed by atoms with Crippen molar-refractivity contribution in [3.8, 4) is 5.75 Å². The number of hydrogen-bond acceptors (Lipinski definition) is 4. The number of benzene rings is 2. The zero-order chi connectivity index (χ0) is 20.4. The highest BCUT2D eigenvalue weighted by Crippen LogP contribution is 2.35. The number of nitrogens with one attached hydrogen (secondary N) is 1. The average molecular weight is 392 g/mol. The molecule has 0 spiro atoms. The zero-order valence-electron chi connectivity index (χ0n) is 17.1. The molecule has 0 bridgehead atoms. The van der Waals surface area contributed by atoms with E-state index in [4.69, 9.17) is 4.42 Å². The van der Waals surface area contributed by atoms with Gasteiger partial charge in [0.25, 0.3) is 5.91 Å². The van der Waals surface area contributed by atoms with Crippen molar-refractivity contribution < 1.29 is 14.3 Å². The molecule has 1 unspecified atom stereocenters. The third-order valence-electron chi connectivity index (χ3n) is 5.94. The van der Waals surface area contributed by atoms with E-state index in [1.54, 1.807) is 12.1 Å². The topological polar surface area (TPSA) is 65.7 Å². The van der Waals surface area contributed by atoms with Gasteiger partial charge in [0.15, 0.2) is 0 Å². The summed E-state index contributed by atoms with van der Waals surface area (Å²) in [5, 5.41) is 14.4. The molecule has 1 aliphatic rings. The quantitative estimate of drug-likeness (QED) is 0.658. The molecule has 2 heterocycles. The van der Waals surface area contributed by atoms with Crippen LogP contribution in [0.3, 0.4) is 0 Å². The SMILES string of the molecule is Cc1oc2ccc(O)c(CN3CCCCC3C)c2c1C(=O)NCc1ccccc1. The maximum absolute atomic E-state index is 13.1. The lowest BCUT2D eigenvalue weighted by molar-refractivity contribution is 0.0950. The summed E-state index contributed by atoms with van der Waals surface area (Å²) in [4.78, 5) is 15.4. The van der Waals surface area contributed by atoms with Gasteiger partial charge in [0.05, 0.1) is 5.56 Å². The van der Waals surface area contributed by atoms with Gasteiger partial charge < -0.3 is 14.8 Å². The second kappa shape index (κ2) is 8.29. The summed E-state index contributed by atoms with van der Waals surface area (Å²) in [6, 6.07) is 13.7. The number of likely N-dealkylation sites (tertiary alicyclic amines) is 1. The first-order valence-electron chi connectivity index (χ1n) is 10.3. The fourth-order valence-corrected chi connectivity index (χ4v) is 4.26. The number of carbonyl (C=O) groups is 1. The van der Waals surface area contributed by atoms with E-state index in [9.17, 15) is 9.90 Å². The smallest absolute Gasteiger partial charge is 0.255 e. The van der Waals surface area contributed by atoms with Crippen LogP contribution in [0.25, 0.3) is 11.0 Å². The van der Waals surface area contributed by atoms with E-state index in [0.29, 0.717) is 36.0 Å². The number of aromatic hydroxyl groups is 1. The maximum Gasteiger partial charge on any atom is 0.255 e. The summed E-state index contributed by atoms with van der Waals surface area (Å²) < 4.78 is 5.89. The normalized spacial score (nSPS) is 17.5. The van der Waals surface area contributed by atoms with Gasteiger partial charge in [-0.05, 0) is 50.9 Å². The second-order valence-electron chi connectivity index (χ2n) is 7.95. The molecule has 1 aromatic heterocycles. The standard InChI is InChI=1S/C24H28N2O3/c1-16-8-6-7-13-26(16)15-19-20(27)11-12-21-23(19)22(17(2)29-21)24(28)25-14-18-9-4-3-5-10-18/h3-5,9-12,16,27H,6-8,13-15H2,1-2H3,(H,25,28). The highest BCUT2D eigenvalue weighted by Gasteiger charge is 2.26. The Morgan fingerprint density at radius 2 is 2.00 bits per heavy atom. The number of amides is 1. The molecule has 4 rings (SSSR count). The number of phenols is 1. The minimum absolute atomic E-state index is 0.177. The number of phenolic OH excluding ortho intramolecular Hbond substituents is 1. The Morgan fingerprint density at radius 3 is 2.76 bits per heavy atom. The van der Waals surface area contributed by atoms with E-state index in [1.165, 1.54) is 6.42 Å². The Hall–Kier alpha value is -2.79. The summed E-state index contributed by atoms with van der Waals surface area (Å²) in [6.07, 6.45) is 3.56. The third kappa shape index (κ3) is 4.01. The Bertz CT molecular complexity index is 1010. The lowest BCUT2D eigenvalue weighted by Gasteiger charge is -2.33. The average Bonchev–Trinajstić information content (AvgIpc) is 3.07. The summed E-state index contributed by atoms with van der Waals surface area (Å²) >= 11 is 0. The van der Waals surface area contributed by atoms with Crippen LogP contribution in [0.4, 0.5) is 0 Å². The third-order valence-corrected chi connectivity index (χ3v) is 5.94. The number of carbonyl (C=O) groups excluding carboxylic acids is 1. The van der Waals surface area contributed by atoms with E-state index < -0.39 is 0 Å². The number of furan rings is 1. The number of nitrogens with zero attached hydrogens (tertiary/aromatic N) is 1. The number of hydrogen-bond donors (Lipinski definition) is 2. The van der Waals surface area contributed by atoms with Crippen molar-refractivity contribution in [2.45, 2.75) is 52.2 Å². The van der Waals surface area contributed by atoms with Crippen molar-refractivity contribution in [2.75, 3.05) is 6.54 Å². The summed E-state index contributed by atoms with van der Waals surface area (Å²) in [5.74, 6) is 0.612. The number of rotatable bonds is 5. The van der Waals surface area contributed by atoms with E-state index in [1.807, 2.05) is 37.3 Å². The zero-order valence-corrected chi connectivity index (χ0v) is 17.1. The van der Waals surface area contributed by atoms with Crippen LogP contribution in [-0.4, -0.2) is 28.5 Å². The largest absolute Gasteiger partial charge is 0.508 e. The van der Waals surface area contributed by atoms with Crippen LogP contribution in [0, 0.1) is 6.92 Å². The summed E-state index contributed by atoms with van der Waals surface area (Å²) in [7, 11) is 0. The van der Waals surface area contributed by atoms with Gasteiger partial charge in [-0.1, -0.05) is 36.8 Å². The van der Waals surface area contributed by atoms with Crippen molar-refractivity contribution in [3.05, 3.63) is 64.9 Å². The number of aryl methyl sites for hydroxylation is 1. The molecule has 1 saturated heterocycles. The molecule has 152 valence electrons. The van der Waals surface area contributed by atoms with Gasteiger partial charge in [0, 0.05) is 30.1 Å². The van der Waals surface area contributed by atoms with Crippen LogP contribution in [0.5, 0.6) is 5.75 Å². The maximum atomic E-state index is 13.1. The summed E-state index contributed by atoms with van der Waals surface area (Å²) in [5.41, 5.74) is 2.98. The van der Waals surface area contributed by atoms with E-state index in [0.717, 1.165) is 35.9 Å². The predicted octanol–water partition coefficient (Wildman–Crippen LogP) is 4.75. The first kappa shape index (κ1) is 19.5. The van der Waals surface area contributed by atoms with Crippen LogP contribution < -0.4 is 5.32 Å². The van der Waals surface area contributed by atoms with Crippen molar-refractivity contribution in [1.82, 2.24) is 10.2 Å². The van der Waals surface area contributed by atoms with Gasteiger partial charge in [0.2, 0.25) is 0 Å². The highest BCUT2D eigenvalue weighted by molar-refractivity contribution is 6.08. The Balaban J connectivity index is 1.67. The van der Waals surface area contributed by atoms with Gasteiger partial charge in [-0.2, -0.15) is 0 Å². The molecule has 1 amide bonds. The van der Waals surface area contributed by atoms with Crippen molar-refractivity contribution >= 4 is 16.9 Å².